The van der Waals surface area contributed by atoms with Crippen LogP contribution < -0.4 is 5.32 Å². The van der Waals surface area contributed by atoms with Crippen molar-refractivity contribution in [2.24, 2.45) is 0 Å². The highest BCUT2D eigenvalue weighted by Gasteiger charge is 2.35. The van der Waals surface area contributed by atoms with E-state index in [-0.39, 0.29) is 5.41 Å². The summed E-state index contributed by atoms with van der Waals surface area (Å²) in [7, 11) is 0. The third-order valence-electron chi connectivity index (χ3n) is 4.33. The third kappa shape index (κ3) is 2.90. The Hall–Kier alpha value is -2.34. The van der Waals surface area contributed by atoms with Crippen LogP contribution in [0.15, 0.2) is 48.8 Å². The van der Waals surface area contributed by atoms with Crippen molar-refractivity contribution >= 4 is 5.69 Å². The molecule has 0 aliphatic heterocycles. The summed E-state index contributed by atoms with van der Waals surface area (Å²) in [5.74, 6) is 0. The number of hydrogen-bond acceptors (Lipinski definition) is 3. The maximum absolute atomic E-state index is 9.59. The number of rotatable bonds is 4. The van der Waals surface area contributed by atoms with Crippen molar-refractivity contribution in [2.45, 2.75) is 37.6 Å². The number of aromatic nitrogens is 1. The Balaban J connectivity index is 1.76. The zero-order chi connectivity index (χ0) is 14.5. The van der Waals surface area contributed by atoms with Crippen LogP contribution in [0.2, 0.25) is 0 Å². The fourth-order valence-corrected chi connectivity index (χ4v) is 3.08. The van der Waals surface area contributed by atoms with E-state index in [1.54, 1.807) is 12.4 Å². The number of pyridine rings is 1. The molecule has 1 aliphatic rings. The lowest BCUT2D eigenvalue weighted by atomic mass is 9.80. The minimum absolute atomic E-state index is 0.269. The summed E-state index contributed by atoms with van der Waals surface area (Å²) in [4.78, 5) is 4.02. The number of nitrogens with zero attached hydrogens (tertiary/aromatic N) is 2. The molecule has 106 valence electrons. The van der Waals surface area contributed by atoms with E-state index in [0.717, 1.165) is 43.5 Å². The predicted molar refractivity (Wildman–Crippen MR) is 83.8 cm³/mol. The molecule has 0 spiro atoms. The molecule has 0 unspecified atom stereocenters. The Kier molecular flexibility index (Phi) is 3.87. The number of nitrogens with one attached hydrogen (secondary N) is 1. The van der Waals surface area contributed by atoms with Crippen molar-refractivity contribution in [2.75, 3.05) is 5.32 Å². The van der Waals surface area contributed by atoms with Gasteiger partial charge in [0.05, 0.1) is 11.5 Å². The number of nitriles is 1. The maximum atomic E-state index is 9.59. The quantitative estimate of drug-likeness (QED) is 0.918. The minimum Gasteiger partial charge on any atom is -0.381 e. The predicted octanol–water partition coefficient (Wildman–Crippen LogP) is 4.03. The van der Waals surface area contributed by atoms with Crippen molar-refractivity contribution in [1.29, 1.82) is 5.26 Å². The average Bonchev–Trinajstić information content (AvgIpc) is 3.04. The second-order valence-electron chi connectivity index (χ2n) is 5.69. The topological polar surface area (TPSA) is 48.7 Å². The first-order chi connectivity index (χ1) is 10.3. The lowest BCUT2D eigenvalue weighted by Gasteiger charge is -2.21. The van der Waals surface area contributed by atoms with Gasteiger partial charge in [-0.05, 0) is 48.2 Å². The molecule has 1 saturated carbocycles. The smallest absolute Gasteiger partial charge is 0.0823 e. The van der Waals surface area contributed by atoms with Crippen LogP contribution in [0.3, 0.4) is 0 Å². The van der Waals surface area contributed by atoms with Gasteiger partial charge in [0.1, 0.15) is 0 Å². The molecule has 0 atom stereocenters. The molecule has 0 amide bonds. The van der Waals surface area contributed by atoms with Crippen molar-refractivity contribution in [3.05, 3.63) is 59.9 Å². The van der Waals surface area contributed by atoms with Crippen LogP contribution >= 0.6 is 0 Å². The number of benzene rings is 1. The molecular formula is C18H19N3. The van der Waals surface area contributed by atoms with Crippen LogP contribution in [0, 0.1) is 11.3 Å². The highest BCUT2D eigenvalue weighted by atomic mass is 14.9. The lowest BCUT2D eigenvalue weighted by Crippen LogP contribution is -2.19. The van der Waals surface area contributed by atoms with E-state index in [4.69, 9.17) is 0 Å². The summed E-state index contributed by atoms with van der Waals surface area (Å²) >= 11 is 0. The van der Waals surface area contributed by atoms with Crippen molar-refractivity contribution in [3.8, 4) is 6.07 Å². The van der Waals surface area contributed by atoms with E-state index >= 15 is 0 Å². The van der Waals surface area contributed by atoms with Gasteiger partial charge in [-0.2, -0.15) is 5.26 Å². The van der Waals surface area contributed by atoms with Crippen LogP contribution in [-0.4, -0.2) is 4.98 Å². The standard InChI is InChI=1S/C18H19N3/c19-14-18(8-1-2-9-18)16-4-3-5-17(12-16)21-13-15-6-10-20-11-7-15/h3-7,10-12,21H,1-2,8-9,13H2. The molecule has 3 nitrogen and oxygen atoms in total. The normalized spacial score (nSPS) is 16.3. The summed E-state index contributed by atoms with van der Waals surface area (Å²) in [5, 5.41) is 13.0. The molecule has 3 heteroatoms. The van der Waals surface area contributed by atoms with Crippen LogP contribution in [0.4, 0.5) is 5.69 Å². The fourth-order valence-electron chi connectivity index (χ4n) is 3.08. The molecule has 0 saturated heterocycles. The molecular weight excluding hydrogens is 258 g/mol. The van der Waals surface area contributed by atoms with E-state index in [1.807, 2.05) is 18.2 Å². The van der Waals surface area contributed by atoms with E-state index in [0.29, 0.717) is 0 Å². The van der Waals surface area contributed by atoms with Crippen molar-refractivity contribution in [1.82, 2.24) is 4.98 Å². The van der Waals surface area contributed by atoms with Crippen molar-refractivity contribution < 1.29 is 0 Å². The summed E-state index contributed by atoms with van der Waals surface area (Å²) in [5.41, 5.74) is 3.16. The van der Waals surface area contributed by atoms with Crippen LogP contribution in [-0.2, 0) is 12.0 Å². The van der Waals surface area contributed by atoms with E-state index in [9.17, 15) is 5.26 Å². The van der Waals surface area contributed by atoms with Gasteiger partial charge in [0.2, 0.25) is 0 Å². The highest BCUT2D eigenvalue weighted by molar-refractivity contribution is 5.50. The third-order valence-corrected chi connectivity index (χ3v) is 4.33. The van der Waals surface area contributed by atoms with Gasteiger partial charge in [-0.25, -0.2) is 0 Å². The fraction of sp³-hybridized carbons (Fsp3) is 0.333. The molecule has 1 aromatic heterocycles. The average molecular weight is 277 g/mol. The molecule has 0 radical (unpaired) electrons. The monoisotopic (exact) mass is 277 g/mol. The molecule has 2 aromatic rings. The van der Waals surface area contributed by atoms with Crippen LogP contribution in [0.25, 0.3) is 0 Å². The maximum Gasteiger partial charge on any atom is 0.0823 e. The van der Waals surface area contributed by atoms with Gasteiger partial charge >= 0.3 is 0 Å². The Morgan fingerprint density at radius 2 is 1.90 bits per heavy atom. The summed E-state index contributed by atoms with van der Waals surface area (Å²) in [6, 6.07) is 14.9. The molecule has 1 N–H and O–H groups in total. The summed E-state index contributed by atoms with van der Waals surface area (Å²) in [6.45, 7) is 0.769. The van der Waals surface area contributed by atoms with Crippen LogP contribution in [0.1, 0.15) is 36.8 Å². The molecule has 3 rings (SSSR count). The first-order valence-electron chi connectivity index (χ1n) is 7.47. The SMILES string of the molecule is N#CC1(c2cccc(NCc3ccncc3)c2)CCCC1. The first-order valence-corrected chi connectivity index (χ1v) is 7.47. The van der Waals surface area contributed by atoms with E-state index in [1.165, 1.54) is 5.56 Å². The Bertz CT molecular complexity index is 637. The molecule has 1 aliphatic carbocycles. The first kappa shape index (κ1) is 13.6. The van der Waals surface area contributed by atoms with Gasteiger partial charge in [0, 0.05) is 24.6 Å². The number of hydrogen-bond donors (Lipinski definition) is 1. The van der Waals surface area contributed by atoms with Crippen molar-refractivity contribution in [3.63, 3.8) is 0 Å². The molecule has 21 heavy (non-hydrogen) atoms. The zero-order valence-corrected chi connectivity index (χ0v) is 12.0. The van der Waals surface area contributed by atoms with Gasteiger partial charge in [0.15, 0.2) is 0 Å². The molecule has 0 bridgehead atoms. The summed E-state index contributed by atoms with van der Waals surface area (Å²) < 4.78 is 0. The number of anilines is 1. The molecule has 1 aromatic carbocycles. The van der Waals surface area contributed by atoms with Gasteiger partial charge in [-0.3, -0.25) is 4.98 Å². The lowest BCUT2D eigenvalue weighted by molar-refractivity contribution is 0.573. The largest absolute Gasteiger partial charge is 0.381 e. The highest BCUT2D eigenvalue weighted by Crippen LogP contribution is 2.41. The Morgan fingerprint density at radius 1 is 1.14 bits per heavy atom. The van der Waals surface area contributed by atoms with Gasteiger partial charge in [-0.15, -0.1) is 0 Å². The van der Waals surface area contributed by atoms with Crippen LogP contribution in [0.5, 0.6) is 0 Å². The van der Waals surface area contributed by atoms with Gasteiger partial charge < -0.3 is 5.32 Å². The van der Waals surface area contributed by atoms with Gasteiger partial charge in [-0.1, -0.05) is 25.0 Å². The Morgan fingerprint density at radius 3 is 2.62 bits per heavy atom. The van der Waals surface area contributed by atoms with E-state index in [2.05, 4.69) is 34.6 Å². The van der Waals surface area contributed by atoms with E-state index < -0.39 is 0 Å². The molecule has 1 heterocycles. The second kappa shape index (κ2) is 5.97. The summed E-state index contributed by atoms with van der Waals surface area (Å²) in [6.07, 6.45) is 7.88. The zero-order valence-electron chi connectivity index (χ0n) is 12.0. The Labute approximate surface area is 125 Å². The molecule has 1 fully saturated rings. The minimum atomic E-state index is -0.269. The second-order valence-corrected chi connectivity index (χ2v) is 5.69. The van der Waals surface area contributed by atoms with Gasteiger partial charge in [0.25, 0.3) is 0 Å².